The fourth-order valence-corrected chi connectivity index (χ4v) is 5.17. The number of alkyl halides is 3. The Balaban J connectivity index is 1.40. The third kappa shape index (κ3) is 5.70. The normalized spacial score (nSPS) is 13.7. The molecule has 2 amide bonds. The number of rotatable bonds is 6. The maximum absolute atomic E-state index is 13.8. The van der Waals surface area contributed by atoms with Crippen LogP contribution in [0.3, 0.4) is 0 Å². The van der Waals surface area contributed by atoms with Crippen molar-refractivity contribution in [2.75, 3.05) is 40.4 Å². The molecule has 42 heavy (non-hydrogen) atoms. The molecule has 0 saturated carbocycles. The van der Waals surface area contributed by atoms with E-state index in [-0.39, 0.29) is 37.6 Å². The number of amides is 2. The highest BCUT2D eigenvalue weighted by Gasteiger charge is 2.32. The molecule has 1 aromatic heterocycles. The van der Waals surface area contributed by atoms with Crippen LogP contribution < -0.4 is 9.47 Å². The summed E-state index contributed by atoms with van der Waals surface area (Å²) >= 11 is 0. The number of ether oxygens (including phenoxy) is 2. The number of aromatic nitrogens is 1. The van der Waals surface area contributed by atoms with E-state index in [0.29, 0.717) is 17.1 Å². The van der Waals surface area contributed by atoms with Crippen molar-refractivity contribution in [1.29, 1.82) is 0 Å². The second kappa shape index (κ2) is 11.6. The number of methoxy groups -OCH3 is 2. The average molecular weight is 578 g/mol. The van der Waals surface area contributed by atoms with Gasteiger partial charge in [-0.15, -0.1) is 0 Å². The van der Waals surface area contributed by atoms with Gasteiger partial charge in [0.2, 0.25) is 0 Å². The zero-order valence-electron chi connectivity index (χ0n) is 23.4. The summed E-state index contributed by atoms with van der Waals surface area (Å²) in [5, 5.41) is 0. The van der Waals surface area contributed by atoms with E-state index < -0.39 is 17.6 Å². The van der Waals surface area contributed by atoms with E-state index in [1.54, 1.807) is 19.1 Å². The first kappa shape index (κ1) is 28.8. The Morgan fingerprint density at radius 2 is 1.36 bits per heavy atom. The first-order valence-corrected chi connectivity index (χ1v) is 13.4. The largest absolute Gasteiger partial charge is 0.497 e. The Hall–Kier alpha value is -4.73. The highest BCUT2D eigenvalue weighted by atomic mass is 19.4. The van der Waals surface area contributed by atoms with Crippen molar-refractivity contribution in [3.05, 3.63) is 101 Å². The van der Waals surface area contributed by atoms with Gasteiger partial charge in [-0.1, -0.05) is 12.1 Å². The molecule has 1 aliphatic rings. The number of benzene rings is 3. The third-order valence-electron chi connectivity index (χ3n) is 7.47. The smallest absolute Gasteiger partial charge is 0.416 e. The van der Waals surface area contributed by atoms with Gasteiger partial charge in [0.1, 0.15) is 11.5 Å². The van der Waals surface area contributed by atoms with Crippen LogP contribution in [0.15, 0.2) is 78.9 Å². The first-order valence-electron chi connectivity index (χ1n) is 13.4. The quantitative estimate of drug-likeness (QED) is 0.279. The van der Waals surface area contributed by atoms with Gasteiger partial charge in [0, 0.05) is 49.2 Å². The third-order valence-corrected chi connectivity index (χ3v) is 7.47. The van der Waals surface area contributed by atoms with Gasteiger partial charge in [-0.25, -0.2) is 0 Å². The van der Waals surface area contributed by atoms with Crippen LogP contribution in [-0.2, 0) is 6.18 Å². The molecule has 0 unspecified atom stereocenters. The lowest BCUT2D eigenvalue weighted by atomic mass is 10.1. The molecule has 0 atom stereocenters. The van der Waals surface area contributed by atoms with Gasteiger partial charge in [-0.2, -0.15) is 13.2 Å². The summed E-state index contributed by atoms with van der Waals surface area (Å²) in [7, 11) is 3.19. The molecule has 2 heterocycles. The summed E-state index contributed by atoms with van der Waals surface area (Å²) in [6, 6.07) is 21.4. The molecule has 0 N–H and O–H groups in total. The summed E-state index contributed by atoms with van der Waals surface area (Å²) in [6.45, 7) is 2.81. The minimum Gasteiger partial charge on any atom is -0.497 e. The lowest BCUT2D eigenvalue weighted by Crippen LogP contribution is -2.50. The molecule has 5 rings (SSSR count). The number of carbonyl (C=O) groups is 2. The van der Waals surface area contributed by atoms with Crippen molar-refractivity contribution in [1.82, 2.24) is 14.4 Å². The minimum absolute atomic E-state index is 0.0278. The lowest BCUT2D eigenvalue weighted by Gasteiger charge is -2.35. The van der Waals surface area contributed by atoms with Crippen molar-refractivity contribution in [3.63, 3.8) is 0 Å². The van der Waals surface area contributed by atoms with Gasteiger partial charge >= 0.3 is 6.18 Å². The lowest BCUT2D eigenvalue weighted by molar-refractivity contribution is -0.137. The van der Waals surface area contributed by atoms with Crippen molar-refractivity contribution < 1.29 is 32.2 Å². The Kier molecular flexibility index (Phi) is 7.98. The van der Waals surface area contributed by atoms with Crippen LogP contribution in [0.2, 0.25) is 0 Å². The molecule has 1 aliphatic heterocycles. The van der Waals surface area contributed by atoms with Gasteiger partial charge in [0.05, 0.1) is 31.0 Å². The van der Waals surface area contributed by atoms with Crippen molar-refractivity contribution in [2.45, 2.75) is 13.1 Å². The number of carbonyl (C=O) groups excluding carboxylic acids is 2. The van der Waals surface area contributed by atoms with Gasteiger partial charge in [0.25, 0.3) is 11.8 Å². The molecular formula is C32H30F3N3O4. The standard InChI is InChI=1S/C32H30F3N3O4/c1-21-28(20-29(22-10-12-26(41-2)13-11-22)38(21)25-8-5-9-27(19-25)42-3)31(40)37-16-14-36(15-17-37)30(39)23-6-4-7-24(18-23)32(33,34)35/h4-13,18-20H,14-17H2,1-3H3. The van der Waals surface area contributed by atoms with E-state index in [1.165, 1.54) is 17.0 Å². The van der Waals surface area contributed by atoms with Crippen molar-refractivity contribution >= 4 is 11.8 Å². The first-order chi connectivity index (χ1) is 20.1. The molecule has 0 bridgehead atoms. The Bertz CT molecular complexity index is 1600. The summed E-state index contributed by atoms with van der Waals surface area (Å²) < 4.78 is 52.2. The zero-order chi connectivity index (χ0) is 30.0. The Morgan fingerprint density at radius 3 is 1.98 bits per heavy atom. The summed E-state index contributed by atoms with van der Waals surface area (Å²) in [5.74, 6) is 0.713. The predicted octanol–water partition coefficient (Wildman–Crippen LogP) is 6.09. The second-order valence-corrected chi connectivity index (χ2v) is 9.96. The topological polar surface area (TPSA) is 64.0 Å². The Labute approximate surface area is 241 Å². The highest BCUT2D eigenvalue weighted by Crippen LogP contribution is 2.33. The molecule has 1 fully saturated rings. The van der Waals surface area contributed by atoms with Crippen LogP contribution >= 0.6 is 0 Å². The molecule has 10 heteroatoms. The minimum atomic E-state index is -4.54. The van der Waals surface area contributed by atoms with E-state index in [4.69, 9.17) is 9.47 Å². The van der Waals surface area contributed by atoms with Crippen LogP contribution in [0, 0.1) is 6.92 Å². The van der Waals surface area contributed by atoms with Gasteiger partial charge < -0.3 is 23.8 Å². The van der Waals surface area contributed by atoms with Crippen LogP contribution in [0.1, 0.15) is 32.0 Å². The molecule has 0 spiro atoms. The molecule has 0 radical (unpaired) electrons. The van der Waals surface area contributed by atoms with Crippen molar-refractivity contribution in [2.24, 2.45) is 0 Å². The van der Waals surface area contributed by atoms with Gasteiger partial charge in [-0.3, -0.25) is 9.59 Å². The van der Waals surface area contributed by atoms with E-state index in [0.717, 1.165) is 34.8 Å². The molecule has 3 aromatic carbocycles. The summed E-state index contributed by atoms with van der Waals surface area (Å²) in [4.78, 5) is 29.9. The number of hydrogen-bond acceptors (Lipinski definition) is 4. The monoisotopic (exact) mass is 577 g/mol. The Morgan fingerprint density at radius 1 is 0.738 bits per heavy atom. The van der Waals surface area contributed by atoms with Crippen LogP contribution in [0.25, 0.3) is 16.9 Å². The number of halogens is 3. The number of hydrogen-bond donors (Lipinski definition) is 0. The van der Waals surface area contributed by atoms with E-state index in [2.05, 4.69) is 0 Å². The van der Waals surface area contributed by atoms with E-state index >= 15 is 0 Å². The molecular weight excluding hydrogens is 547 g/mol. The molecule has 4 aromatic rings. The van der Waals surface area contributed by atoms with Crippen LogP contribution in [0.4, 0.5) is 13.2 Å². The average Bonchev–Trinajstić information content (AvgIpc) is 3.36. The van der Waals surface area contributed by atoms with E-state index in [1.807, 2.05) is 66.1 Å². The van der Waals surface area contributed by atoms with Crippen LogP contribution in [0.5, 0.6) is 11.5 Å². The van der Waals surface area contributed by atoms with Gasteiger partial charge in [0.15, 0.2) is 0 Å². The fourth-order valence-electron chi connectivity index (χ4n) is 5.17. The van der Waals surface area contributed by atoms with E-state index in [9.17, 15) is 22.8 Å². The molecule has 1 saturated heterocycles. The molecule has 7 nitrogen and oxygen atoms in total. The fraction of sp³-hybridized carbons (Fsp3) is 0.250. The maximum atomic E-state index is 13.8. The maximum Gasteiger partial charge on any atom is 0.416 e. The number of piperazine rings is 1. The summed E-state index contributed by atoms with van der Waals surface area (Å²) in [5.41, 5.74) is 2.88. The summed E-state index contributed by atoms with van der Waals surface area (Å²) in [6.07, 6.45) is -4.54. The van der Waals surface area contributed by atoms with Crippen molar-refractivity contribution in [3.8, 4) is 28.4 Å². The van der Waals surface area contributed by atoms with Gasteiger partial charge in [-0.05, 0) is 73.2 Å². The molecule has 0 aliphatic carbocycles. The predicted molar refractivity (Wildman–Crippen MR) is 152 cm³/mol. The zero-order valence-corrected chi connectivity index (χ0v) is 23.4. The number of nitrogens with zero attached hydrogens (tertiary/aromatic N) is 3. The second-order valence-electron chi connectivity index (χ2n) is 9.96. The highest BCUT2D eigenvalue weighted by molar-refractivity contribution is 5.98. The SMILES string of the molecule is COc1ccc(-c2cc(C(=O)N3CCN(C(=O)c4cccc(C(F)(F)F)c4)CC3)c(C)n2-c2cccc(OC)c2)cc1. The van der Waals surface area contributed by atoms with Crippen LogP contribution in [-0.4, -0.2) is 66.6 Å². The molecule has 218 valence electrons.